The van der Waals surface area contributed by atoms with E-state index in [1.807, 2.05) is 0 Å². The normalized spacial score (nSPS) is 20.5. The van der Waals surface area contributed by atoms with E-state index in [0.29, 0.717) is 10.0 Å². The Hall–Kier alpha value is -1.91. The molecule has 1 aliphatic rings. The Morgan fingerprint density at radius 3 is 2.05 bits per heavy atom. The fraction of sp³-hybridized carbons (Fsp3) is 0.133. The van der Waals surface area contributed by atoms with Crippen LogP contribution in [0.2, 0.25) is 10.0 Å². The summed E-state index contributed by atoms with van der Waals surface area (Å²) in [4.78, 5) is 4.39. The SMILES string of the molecule is Oc1ccc([C@H]2N=CN[C@H]2c2ccc(O)cc2Cl)c(Cl)c1. The predicted molar refractivity (Wildman–Crippen MR) is 83.3 cm³/mol. The van der Waals surface area contributed by atoms with Crippen LogP contribution in [0.15, 0.2) is 41.4 Å². The van der Waals surface area contributed by atoms with Crippen molar-refractivity contribution in [2.45, 2.75) is 12.1 Å². The molecule has 0 aromatic heterocycles. The Morgan fingerprint density at radius 2 is 1.48 bits per heavy atom. The van der Waals surface area contributed by atoms with E-state index in [2.05, 4.69) is 10.3 Å². The van der Waals surface area contributed by atoms with Gasteiger partial charge in [0.05, 0.1) is 12.4 Å². The van der Waals surface area contributed by atoms with E-state index in [1.165, 1.54) is 12.1 Å². The Balaban J connectivity index is 2.00. The largest absolute Gasteiger partial charge is 0.508 e. The van der Waals surface area contributed by atoms with Crippen LogP contribution in [-0.2, 0) is 0 Å². The minimum Gasteiger partial charge on any atom is -0.508 e. The van der Waals surface area contributed by atoms with Crippen LogP contribution in [-0.4, -0.2) is 16.6 Å². The number of hydrogen-bond donors (Lipinski definition) is 3. The van der Waals surface area contributed by atoms with Gasteiger partial charge in [0.2, 0.25) is 0 Å². The highest BCUT2D eigenvalue weighted by atomic mass is 35.5. The first-order valence-corrected chi connectivity index (χ1v) is 7.06. The van der Waals surface area contributed by atoms with Crippen molar-refractivity contribution in [1.29, 1.82) is 0 Å². The maximum absolute atomic E-state index is 9.45. The summed E-state index contributed by atoms with van der Waals surface area (Å²) in [6, 6.07) is 9.20. The number of aliphatic imine (C=N–C) groups is 1. The maximum atomic E-state index is 9.45. The molecule has 3 N–H and O–H groups in total. The van der Waals surface area contributed by atoms with Crippen molar-refractivity contribution >= 4 is 29.5 Å². The zero-order chi connectivity index (χ0) is 15.0. The minimum atomic E-state index is -0.250. The van der Waals surface area contributed by atoms with Crippen molar-refractivity contribution in [3.63, 3.8) is 0 Å². The number of rotatable bonds is 2. The van der Waals surface area contributed by atoms with Gasteiger partial charge in [-0.25, -0.2) is 0 Å². The van der Waals surface area contributed by atoms with E-state index in [-0.39, 0.29) is 23.6 Å². The molecule has 3 rings (SSSR count). The number of phenols is 2. The second-order valence-electron chi connectivity index (χ2n) is 4.78. The van der Waals surface area contributed by atoms with Gasteiger partial charge in [-0.3, -0.25) is 4.99 Å². The number of halogens is 2. The van der Waals surface area contributed by atoms with Gasteiger partial charge in [0.25, 0.3) is 0 Å². The molecule has 2 atom stereocenters. The maximum Gasteiger partial charge on any atom is 0.117 e. The number of nitrogens with one attached hydrogen (secondary N) is 1. The molecule has 0 saturated carbocycles. The van der Waals surface area contributed by atoms with Gasteiger partial charge in [0.1, 0.15) is 17.5 Å². The molecule has 0 saturated heterocycles. The monoisotopic (exact) mass is 322 g/mol. The van der Waals surface area contributed by atoms with Gasteiger partial charge in [0, 0.05) is 10.0 Å². The first kappa shape index (κ1) is 14.0. The first-order chi connectivity index (χ1) is 10.1. The van der Waals surface area contributed by atoms with Crippen LogP contribution in [0, 0.1) is 0 Å². The molecule has 6 heteroatoms. The second-order valence-corrected chi connectivity index (χ2v) is 5.59. The summed E-state index contributed by atoms with van der Waals surface area (Å²) in [5, 5.41) is 22.9. The third kappa shape index (κ3) is 2.64. The van der Waals surface area contributed by atoms with Crippen molar-refractivity contribution < 1.29 is 10.2 Å². The number of aromatic hydroxyl groups is 2. The molecule has 108 valence electrons. The highest BCUT2D eigenvalue weighted by molar-refractivity contribution is 6.32. The first-order valence-electron chi connectivity index (χ1n) is 6.31. The van der Waals surface area contributed by atoms with E-state index >= 15 is 0 Å². The summed E-state index contributed by atoms with van der Waals surface area (Å²) >= 11 is 12.4. The van der Waals surface area contributed by atoms with Gasteiger partial charge in [0.15, 0.2) is 0 Å². The molecule has 0 radical (unpaired) electrons. The van der Waals surface area contributed by atoms with Crippen molar-refractivity contribution in [1.82, 2.24) is 5.32 Å². The van der Waals surface area contributed by atoms with Gasteiger partial charge < -0.3 is 15.5 Å². The van der Waals surface area contributed by atoms with Gasteiger partial charge >= 0.3 is 0 Å². The third-order valence-electron chi connectivity index (χ3n) is 3.43. The molecule has 21 heavy (non-hydrogen) atoms. The molecule has 0 aliphatic carbocycles. The van der Waals surface area contributed by atoms with Crippen molar-refractivity contribution in [2.24, 2.45) is 4.99 Å². The lowest BCUT2D eigenvalue weighted by Crippen LogP contribution is -2.19. The topological polar surface area (TPSA) is 64.9 Å². The van der Waals surface area contributed by atoms with Crippen LogP contribution in [0.25, 0.3) is 0 Å². The Kier molecular flexibility index (Phi) is 3.66. The molecule has 2 aromatic rings. The molecular weight excluding hydrogens is 311 g/mol. The molecule has 1 aliphatic heterocycles. The standard InChI is InChI=1S/C15H12Cl2N2O2/c16-12-5-8(20)1-3-10(12)14-15(19-7-18-14)11-4-2-9(21)6-13(11)17/h1-7,14-15,20-21H,(H,18,19)/t14-,15+. The van der Waals surface area contributed by atoms with E-state index in [0.717, 1.165) is 11.1 Å². The van der Waals surface area contributed by atoms with Gasteiger partial charge in [-0.1, -0.05) is 35.3 Å². The molecule has 0 unspecified atom stereocenters. The van der Waals surface area contributed by atoms with Crippen LogP contribution in [0.5, 0.6) is 11.5 Å². The van der Waals surface area contributed by atoms with E-state index in [9.17, 15) is 10.2 Å². The average Bonchev–Trinajstić information content (AvgIpc) is 2.87. The lowest BCUT2D eigenvalue weighted by molar-refractivity contribution is 0.473. The fourth-order valence-electron chi connectivity index (χ4n) is 2.42. The van der Waals surface area contributed by atoms with Crippen LogP contribution in [0.1, 0.15) is 23.2 Å². The van der Waals surface area contributed by atoms with Gasteiger partial charge in [-0.2, -0.15) is 0 Å². The van der Waals surface area contributed by atoms with E-state index in [4.69, 9.17) is 23.2 Å². The number of benzene rings is 2. The summed E-state index contributed by atoms with van der Waals surface area (Å²) < 4.78 is 0. The lowest BCUT2D eigenvalue weighted by Gasteiger charge is -2.21. The Bertz CT molecular complexity index is 719. The quantitative estimate of drug-likeness (QED) is 0.787. The highest BCUT2D eigenvalue weighted by Gasteiger charge is 2.30. The third-order valence-corrected chi connectivity index (χ3v) is 4.08. The summed E-state index contributed by atoms with van der Waals surface area (Å²) in [6.07, 6.45) is 1.61. The summed E-state index contributed by atoms with van der Waals surface area (Å²) in [6.45, 7) is 0. The van der Waals surface area contributed by atoms with E-state index in [1.54, 1.807) is 30.6 Å². The fourth-order valence-corrected chi connectivity index (χ4v) is 3.00. The predicted octanol–water partition coefficient (Wildman–Crippen LogP) is 3.82. The molecule has 4 nitrogen and oxygen atoms in total. The molecule has 0 fully saturated rings. The number of nitrogens with zero attached hydrogens (tertiary/aromatic N) is 1. The van der Waals surface area contributed by atoms with Gasteiger partial charge in [-0.05, 0) is 35.4 Å². The minimum absolute atomic E-state index is 0.109. The molecule has 2 aromatic carbocycles. The molecular formula is C15H12Cl2N2O2. The zero-order valence-electron chi connectivity index (χ0n) is 10.8. The zero-order valence-corrected chi connectivity index (χ0v) is 12.3. The lowest BCUT2D eigenvalue weighted by atomic mass is 9.94. The van der Waals surface area contributed by atoms with Gasteiger partial charge in [-0.15, -0.1) is 0 Å². The van der Waals surface area contributed by atoms with Crippen molar-refractivity contribution in [3.8, 4) is 11.5 Å². The summed E-state index contributed by atoms with van der Waals surface area (Å²) in [5.41, 5.74) is 1.62. The van der Waals surface area contributed by atoms with E-state index < -0.39 is 0 Å². The number of hydrogen-bond acceptors (Lipinski definition) is 4. The molecule has 0 spiro atoms. The molecule has 0 bridgehead atoms. The Morgan fingerprint density at radius 1 is 0.905 bits per heavy atom. The van der Waals surface area contributed by atoms with Crippen LogP contribution in [0.4, 0.5) is 0 Å². The Labute approximate surface area is 131 Å². The average molecular weight is 323 g/mol. The van der Waals surface area contributed by atoms with Crippen molar-refractivity contribution in [2.75, 3.05) is 0 Å². The van der Waals surface area contributed by atoms with Crippen molar-refractivity contribution in [3.05, 3.63) is 57.6 Å². The van der Waals surface area contributed by atoms with Crippen LogP contribution >= 0.6 is 23.2 Å². The molecule has 0 amide bonds. The van der Waals surface area contributed by atoms with Crippen LogP contribution in [0.3, 0.4) is 0 Å². The van der Waals surface area contributed by atoms with Crippen LogP contribution < -0.4 is 5.32 Å². The molecule has 1 heterocycles. The number of phenolic OH excluding ortho intramolecular Hbond substituents is 2. The second kappa shape index (κ2) is 5.47. The smallest absolute Gasteiger partial charge is 0.117 e. The highest BCUT2D eigenvalue weighted by Crippen LogP contribution is 2.41. The summed E-state index contributed by atoms with van der Waals surface area (Å²) in [5.74, 6) is 0.222. The summed E-state index contributed by atoms with van der Waals surface area (Å²) in [7, 11) is 0.